The largest absolute Gasteiger partial charge is 0.399 e. The fourth-order valence-corrected chi connectivity index (χ4v) is 2.23. The molecule has 4 nitrogen and oxygen atoms in total. The maximum Gasteiger partial charge on any atom is 0.202 e. The van der Waals surface area contributed by atoms with Gasteiger partial charge in [-0.2, -0.15) is 4.37 Å². The fraction of sp³-hybridized carbons (Fsp3) is 0.385. The Bertz CT molecular complexity index is 528. The van der Waals surface area contributed by atoms with Crippen molar-refractivity contribution in [1.82, 2.24) is 9.36 Å². The van der Waals surface area contributed by atoms with Crippen molar-refractivity contribution in [2.24, 2.45) is 0 Å². The zero-order valence-electron chi connectivity index (χ0n) is 10.9. The minimum atomic E-state index is -0.00634. The van der Waals surface area contributed by atoms with E-state index in [4.69, 9.17) is 5.73 Å². The number of nitrogens with zero attached hydrogens (tertiary/aromatic N) is 2. The van der Waals surface area contributed by atoms with Gasteiger partial charge in [0.1, 0.15) is 5.82 Å². The smallest absolute Gasteiger partial charge is 0.202 e. The lowest BCUT2D eigenvalue weighted by Gasteiger charge is -2.12. The van der Waals surface area contributed by atoms with E-state index in [1.54, 1.807) is 0 Å². The highest BCUT2D eigenvalue weighted by atomic mass is 32.1. The third kappa shape index (κ3) is 3.20. The summed E-state index contributed by atoms with van der Waals surface area (Å²) in [4.78, 5) is 4.48. The second-order valence-electron chi connectivity index (χ2n) is 5.27. The standard InChI is InChI=1S/C13H18N4S/c1-13(2,3)11-16-12(18-17-11)15-8-9-5-4-6-10(14)7-9/h4-7H,8,14H2,1-3H3,(H,15,16,17). The molecule has 0 amide bonds. The van der Waals surface area contributed by atoms with Crippen molar-refractivity contribution < 1.29 is 0 Å². The number of anilines is 2. The van der Waals surface area contributed by atoms with Crippen LogP contribution < -0.4 is 11.1 Å². The van der Waals surface area contributed by atoms with Gasteiger partial charge in [0.05, 0.1) is 0 Å². The van der Waals surface area contributed by atoms with E-state index in [2.05, 4.69) is 35.4 Å². The van der Waals surface area contributed by atoms with Crippen LogP contribution in [0.3, 0.4) is 0 Å². The Morgan fingerprint density at radius 3 is 2.72 bits per heavy atom. The minimum absolute atomic E-state index is 0.00634. The van der Waals surface area contributed by atoms with Gasteiger partial charge in [0, 0.05) is 29.2 Å². The molecule has 18 heavy (non-hydrogen) atoms. The number of rotatable bonds is 3. The van der Waals surface area contributed by atoms with E-state index in [1.807, 2.05) is 24.3 Å². The molecule has 0 saturated carbocycles. The zero-order chi connectivity index (χ0) is 13.2. The Morgan fingerprint density at radius 1 is 1.33 bits per heavy atom. The van der Waals surface area contributed by atoms with E-state index in [-0.39, 0.29) is 5.41 Å². The van der Waals surface area contributed by atoms with Crippen LogP contribution in [0.1, 0.15) is 32.2 Å². The molecule has 3 N–H and O–H groups in total. The summed E-state index contributed by atoms with van der Waals surface area (Å²) in [5.41, 5.74) is 7.65. The van der Waals surface area contributed by atoms with Crippen molar-refractivity contribution >= 4 is 22.4 Å². The van der Waals surface area contributed by atoms with Gasteiger partial charge in [0.15, 0.2) is 0 Å². The zero-order valence-corrected chi connectivity index (χ0v) is 11.7. The van der Waals surface area contributed by atoms with Gasteiger partial charge in [-0.05, 0) is 17.7 Å². The first-order chi connectivity index (χ1) is 8.45. The van der Waals surface area contributed by atoms with Crippen LogP contribution in [0.4, 0.5) is 10.8 Å². The Kier molecular flexibility index (Phi) is 3.52. The number of aromatic nitrogens is 2. The molecule has 5 heteroatoms. The van der Waals surface area contributed by atoms with Crippen LogP contribution in [0.25, 0.3) is 0 Å². The van der Waals surface area contributed by atoms with Crippen LogP contribution in [-0.4, -0.2) is 9.36 Å². The van der Waals surface area contributed by atoms with Crippen molar-refractivity contribution in [3.63, 3.8) is 0 Å². The summed E-state index contributed by atoms with van der Waals surface area (Å²) in [5.74, 6) is 0.877. The summed E-state index contributed by atoms with van der Waals surface area (Å²) < 4.78 is 4.36. The highest BCUT2D eigenvalue weighted by molar-refractivity contribution is 7.09. The molecule has 0 saturated heterocycles. The second-order valence-corrected chi connectivity index (χ2v) is 6.02. The highest BCUT2D eigenvalue weighted by Crippen LogP contribution is 2.23. The molecule has 0 atom stereocenters. The molecule has 0 aliphatic carbocycles. The maximum atomic E-state index is 5.74. The van der Waals surface area contributed by atoms with Crippen LogP contribution in [0.15, 0.2) is 24.3 Å². The van der Waals surface area contributed by atoms with E-state index in [0.717, 1.165) is 22.2 Å². The van der Waals surface area contributed by atoms with Gasteiger partial charge in [-0.25, -0.2) is 4.98 Å². The Morgan fingerprint density at radius 2 is 2.11 bits per heavy atom. The van der Waals surface area contributed by atoms with Crippen molar-refractivity contribution in [2.45, 2.75) is 32.7 Å². The van der Waals surface area contributed by atoms with Gasteiger partial charge in [0.25, 0.3) is 0 Å². The molecule has 96 valence electrons. The molecule has 0 fully saturated rings. The van der Waals surface area contributed by atoms with Crippen LogP contribution in [0.5, 0.6) is 0 Å². The summed E-state index contributed by atoms with van der Waals surface area (Å²) in [7, 11) is 0. The van der Waals surface area contributed by atoms with Crippen LogP contribution in [0, 0.1) is 0 Å². The third-order valence-electron chi connectivity index (χ3n) is 2.49. The molecule has 2 rings (SSSR count). The van der Waals surface area contributed by atoms with E-state index < -0.39 is 0 Å². The first-order valence-corrected chi connectivity index (χ1v) is 6.65. The van der Waals surface area contributed by atoms with Gasteiger partial charge in [-0.1, -0.05) is 32.9 Å². The number of hydrogen-bond donors (Lipinski definition) is 2. The molecule has 0 radical (unpaired) electrons. The average Bonchev–Trinajstić information content (AvgIpc) is 2.74. The van der Waals surface area contributed by atoms with Gasteiger partial charge in [-0.3, -0.25) is 0 Å². The van der Waals surface area contributed by atoms with Gasteiger partial charge < -0.3 is 11.1 Å². The van der Waals surface area contributed by atoms with Crippen molar-refractivity contribution in [3.8, 4) is 0 Å². The summed E-state index contributed by atoms with van der Waals surface area (Å²) in [6.07, 6.45) is 0. The Labute approximate surface area is 111 Å². The van der Waals surface area contributed by atoms with Crippen molar-refractivity contribution in [1.29, 1.82) is 0 Å². The topological polar surface area (TPSA) is 63.8 Å². The van der Waals surface area contributed by atoms with Crippen LogP contribution >= 0.6 is 11.5 Å². The SMILES string of the molecule is CC(C)(C)c1nsc(NCc2cccc(N)c2)n1. The lowest BCUT2D eigenvalue weighted by molar-refractivity contribution is 0.555. The lowest BCUT2D eigenvalue weighted by Crippen LogP contribution is -2.13. The van der Waals surface area contributed by atoms with Gasteiger partial charge in [-0.15, -0.1) is 0 Å². The first-order valence-electron chi connectivity index (χ1n) is 5.87. The van der Waals surface area contributed by atoms with E-state index >= 15 is 0 Å². The number of benzene rings is 1. The van der Waals surface area contributed by atoms with Crippen molar-refractivity contribution in [2.75, 3.05) is 11.1 Å². The molecule has 0 bridgehead atoms. The normalized spacial score (nSPS) is 11.5. The lowest BCUT2D eigenvalue weighted by atomic mass is 9.96. The molecular weight excluding hydrogens is 244 g/mol. The molecule has 1 aromatic heterocycles. The first kappa shape index (κ1) is 12.8. The number of nitrogen functional groups attached to an aromatic ring is 1. The Hall–Kier alpha value is -1.62. The van der Waals surface area contributed by atoms with Gasteiger partial charge >= 0.3 is 0 Å². The van der Waals surface area contributed by atoms with E-state index in [1.165, 1.54) is 11.5 Å². The number of nitrogens with two attached hydrogens (primary N) is 1. The van der Waals surface area contributed by atoms with Gasteiger partial charge in [0.2, 0.25) is 5.13 Å². The summed E-state index contributed by atoms with van der Waals surface area (Å²) in [5, 5.41) is 4.12. The molecule has 2 aromatic rings. The summed E-state index contributed by atoms with van der Waals surface area (Å²) in [6, 6.07) is 7.83. The van der Waals surface area contributed by atoms with E-state index in [0.29, 0.717) is 6.54 Å². The molecule has 0 spiro atoms. The molecule has 0 aliphatic heterocycles. The van der Waals surface area contributed by atoms with Crippen LogP contribution in [-0.2, 0) is 12.0 Å². The molecule has 1 aromatic carbocycles. The fourth-order valence-electron chi connectivity index (χ4n) is 1.48. The quantitative estimate of drug-likeness (QED) is 0.835. The average molecular weight is 262 g/mol. The third-order valence-corrected chi connectivity index (χ3v) is 3.16. The number of hydrogen-bond acceptors (Lipinski definition) is 5. The molecule has 1 heterocycles. The molecular formula is C13H18N4S. The molecule has 0 unspecified atom stereocenters. The molecule has 0 aliphatic rings. The second kappa shape index (κ2) is 4.94. The van der Waals surface area contributed by atoms with Crippen LogP contribution in [0.2, 0.25) is 0 Å². The monoisotopic (exact) mass is 262 g/mol. The minimum Gasteiger partial charge on any atom is -0.399 e. The predicted octanol–water partition coefficient (Wildman–Crippen LogP) is 3.03. The highest BCUT2D eigenvalue weighted by Gasteiger charge is 2.19. The Balaban J connectivity index is 2.01. The number of nitrogens with one attached hydrogen (secondary N) is 1. The summed E-state index contributed by atoms with van der Waals surface area (Å²) in [6.45, 7) is 7.04. The van der Waals surface area contributed by atoms with E-state index in [9.17, 15) is 0 Å². The summed E-state index contributed by atoms with van der Waals surface area (Å²) >= 11 is 1.40. The maximum absolute atomic E-state index is 5.74. The predicted molar refractivity (Wildman–Crippen MR) is 76.8 cm³/mol. The van der Waals surface area contributed by atoms with Crippen molar-refractivity contribution in [3.05, 3.63) is 35.7 Å².